The van der Waals surface area contributed by atoms with Gasteiger partial charge < -0.3 is 20.5 Å². The Morgan fingerprint density at radius 1 is 1.41 bits per heavy atom. The van der Waals surface area contributed by atoms with Crippen LogP contribution < -0.4 is 20.5 Å². The molecule has 1 aliphatic heterocycles. The first-order valence-electron chi connectivity index (χ1n) is 5.46. The third kappa shape index (κ3) is 1.82. The lowest BCUT2D eigenvalue weighted by atomic mass is 9.89. The zero-order chi connectivity index (χ0) is 12.4. The standard InChI is InChI=1S/C12H16N2O3/c1-16-9-4-3-8-10(11(9)17-2)7(5-13)6-14-12(8)15/h3-4,7H,5-6,13H2,1-2H3,(H,14,15). The molecule has 5 nitrogen and oxygen atoms in total. The number of benzene rings is 1. The Morgan fingerprint density at radius 2 is 2.18 bits per heavy atom. The molecule has 0 radical (unpaired) electrons. The molecule has 0 fully saturated rings. The normalized spacial score (nSPS) is 18.3. The Balaban J connectivity index is 2.63. The SMILES string of the molecule is COc1ccc2c(c1OC)C(CN)CNC2=O. The topological polar surface area (TPSA) is 73.6 Å². The van der Waals surface area contributed by atoms with E-state index >= 15 is 0 Å². The van der Waals surface area contributed by atoms with E-state index in [0.717, 1.165) is 5.56 Å². The maximum Gasteiger partial charge on any atom is 0.251 e. The van der Waals surface area contributed by atoms with Gasteiger partial charge in [0.1, 0.15) is 0 Å². The minimum Gasteiger partial charge on any atom is -0.493 e. The smallest absolute Gasteiger partial charge is 0.251 e. The molecule has 1 aliphatic rings. The summed E-state index contributed by atoms with van der Waals surface area (Å²) in [7, 11) is 3.14. The van der Waals surface area contributed by atoms with Crippen molar-refractivity contribution in [2.75, 3.05) is 27.3 Å². The molecular formula is C12H16N2O3. The van der Waals surface area contributed by atoms with E-state index in [1.165, 1.54) is 0 Å². The van der Waals surface area contributed by atoms with Crippen molar-refractivity contribution in [3.63, 3.8) is 0 Å². The molecule has 0 aromatic heterocycles. The van der Waals surface area contributed by atoms with Crippen molar-refractivity contribution < 1.29 is 14.3 Å². The van der Waals surface area contributed by atoms with Crippen molar-refractivity contribution in [1.29, 1.82) is 0 Å². The number of carbonyl (C=O) groups is 1. The molecule has 1 unspecified atom stereocenters. The number of ether oxygens (including phenoxy) is 2. The number of nitrogens with two attached hydrogens (primary N) is 1. The summed E-state index contributed by atoms with van der Waals surface area (Å²) in [6.07, 6.45) is 0. The van der Waals surface area contributed by atoms with Crippen LogP contribution in [0, 0.1) is 0 Å². The van der Waals surface area contributed by atoms with E-state index in [4.69, 9.17) is 15.2 Å². The Kier molecular flexibility index (Phi) is 3.19. The van der Waals surface area contributed by atoms with Crippen LogP contribution in [0.15, 0.2) is 12.1 Å². The fraction of sp³-hybridized carbons (Fsp3) is 0.417. The zero-order valence-electron chi connectivity index (χ0n) is 9.95. The van der Waals surface area contributed by atoms with Crippen molar-refractivity contribution in [1.82, 2.24) is 5.32 Å². The average molecular weight is 236 g/mol. The van der Waals surface area contributed by atoms with Crippen LogP contribution in [0.5, 0.6) is 11.5 Å². The predicted octanol–water partition coefficient (Wildman–Crippen LogP) is 0.489. The molecule has 3 N–H and O–H groups in total. The monoisotopic (exact) mass is 236 g/mol. The quantitative estimate of drug-likeness (QED) is 0.801. The predicted molar refractivity (Wildman–Crippen MR) is 63.7 cm³/mol. The highest BCUT2D eigenvalue weighted by Gasteiger charge is 2.29. The molecule has 2 rings (SSSR count). The van der Waals surface area contributed by atoms with Crippen LogP contribution in [0.25, 0.3) is 0 Å². The van der Waals surface area contributed by atoms with E-state index in [-0.39, 0.29) is 11.8 Å². The molecule has 17 heavy (non-hydrogen) atoms. The molecule has 92 valence electrons. The van der Waals surface area contributed by atoms with E-state index in [1.807, 2.05) is 0 Å². The second-order valence-corrected chi connectivity index (χ2v) is 3.90. The van der Waals surface area contributed by atoms with Crippen molar-refractivity contribution in [3.8, 4) is 11.5 Å². The summed E-state index contributed by atoms with van der Waals surface area (Å²) in [4.78, 5) is 11.8. The summed E-state index contributed by atoms with van der Waals surface area (Å²) in [5.74, 6) is 1.20. The van der Waals surface area contributed by atoms with Gasteiger partial charge in [-0.1, -0.05) is 0 Å². The van der Waals surface area contributed by atoms with Crippen LogP contribution in [-0.4, -0.2) is 33.2 Å². The summed E-state index contributed by atoms with van der Waals surface area (Å²) >= 11 is 0. The summed E-state index contributed by atoms with van der Waals surface area (Å²) < 4.78 is 10.6. The van der Waals surface area contributed by atoms with E-state index in [0.29, 0.717) is 30.2 Å². The van der Waals surface area contributed by atoms with Gasteiger partial charge in [0, 0.05) is 30.1 Å². The van der Waals surface area contributed by atoms with E-state index in [1.54, 1.807) is 26.4 Å². The summed E-state index contributed by atoms with van der Waals surface area (Å²) in [6, 6.07) is 3.48. The van der Waals surface area contributed by atoms with Crippen molar-refractivity contribution in [3.05, 3.63) is 23.3 Å². The number of carbonyl (C=O) groups excluding carboxylic acids is 1. The molecular weight excluding hydrogens is 220 g/mol. The molecule has 1 aromatic rings. The van der Waals surface area contributed by atoms with Crippen molar-refractivity contribution in [2.24, 2.45) is 5.73 Å². The van der Waals surface area contributed by atoms with Crippen LogP contribution in [0.1, 0.15) is 21.8 Å². The van der Waals surface area contributed by atoms with Crippen molar-refractivity contribution >= 4 is 5.91 Å². The number of rotatable bonds is 3. The number of hydrogen-bond donors (Lipinski definition) is 2. The third-order valence-electron chi connectivity index (χ3n) is 3.03. The van der Waals surface area contributed by atoms with Crippen LogP contribution >= 0.6 is 0 Å². The Labute approximate surface area is 99.9 Å². The maximum absolute atomic E-state index is 11.8. The zero-order valence-corrected chi connectivity index (χ0v) is 9.95. The molecule has 0 aliphatic carbocycles. The van der Waals surface area contributed by atoms with Crippen molar-refractivity contribution in [2.45, 2.75) is 5.92 Å². The number of nitrogens with one attached hydrogen (secondary N) is 1. The molecule has 1 aromatic carbocycles. The molecule has 1 atom stereocenters. The van der Waals surface area contributed by atoms with Crippen LogP contribution in [0.4, 0.5) is 0 Å². The van der Waals surface area contributed by atoms with Gasteiger partial charge in [0.05, 0.1) is 14.2 Å². The van der Waals surface area contributed by atoms with Gasteiger partial charge in [0.15, 0.2) is 11.5 Å². The third-order valence-corrected chi connectivity index (χ3v) is 3.03. The van der Waals surface area contributed by atoms with Gasteiger partial charge in [0.2, 0.25) is 0 Å². The van der Waals surface area contributed by atoms with Crippen LogP contribution in [-0.2, 0) is 0 Å². The number of hydrogen-bond acceptors (Lipinski definition) is 4. The van der Waals surface area contributed by atoms with Gasteiger partial charge >= 0.3 is 0 Å². The number of methoxy groups -OCH3 is 2. The average Bonchev–Trinajstić information content (AvgIpc) is 2.38. The fourth-order valence-electron chi connectivity index (χ4n) is 2.17. The Morgan fingerprint density at radius 3 is 2.76 bits per heavy atom. The molecule has 0 saturated heterocycles. The lowest BCUT2D eigenvalue weighted by molar-refractivity contribution is 0.0939. The maximum atomic E-state index is 11.8. The molecule has 5 heteroatoms. The highest BCUT2D eigenvalue weighted by Crippen LogP contribution is 2.39. The van der Waals surface area contributed by atoms with Gasteiger partial charge in [-0.05, 0) is 12.1 Å². The van der Waals surface area contributed by atoms with Crippen LogP contribution in [0.2, 0.25) is 0 Å². The van der Waals surface area contributed by atoms with E-state index in [2.05, 4.69) is 5.32 Å². The second-order valence-electron chi connectivity index (χ2n) is 3.90. The Bertz CT molecular complexity index is 446. The van der Waals surface area contributed by atoms with Gasteiger partial charge in [-0.3, -0.25) is 4.79 Å². The number of fused-ring (bicyclic) bond motifs is 1. The van der Waals surface area contributed by atoms with E-state index in [9.17, 15) is 4.79 Å². The summed E-state index contributed by atoms with van der Waals surface area (Å²) in [6.45, 7) is 0.989. The van der Waals surface area contributed by atoms with Crippen LogP contribution in [0.3, 0.4) is 0 Å². The fourth-order valence-corrected chi connectivity index (χ4v) is 2.17. The first-order chi connectivity index (χ1) is 8.22. The first kappa shape index (κ1) is 11.7. The molecule has 1 heterocycles. The highest BCUT2D eigenvalue weighted by atomic mass is 16.5. The Hall–Kier alpha value is -1.75. The lowest BCUT2D eigenvalue weighted by Crippen LogP contribution is -2.38. The van der Waals surface area contributed by atoms with Gasteiger partial charge in [-0.15, -0.1) is 0 Å². The second kappa shape index (κ2) is 4.63. The lowest BCUT2D eigenvalue weighted by Gasteiger charge is -2.27. The molecule has 1 amide bonds. The highest BCUT2D eigenvalue weighted by molar-refractivity contribution is 5.98. The minimum atomic E-state index is -0.0920. The van der Waals surface area contributed by atoms with Gasteiger partial charge in [0.25, 0.3) is 5.91 Å². The van der Waals surface area contributed by atoms with Gasteiger partial charge in [-0.25, -0.2) is 0 Å². The largest absolute Gasteiger partial charge is 0.493 e. The van der Waals surface area contributed by atoms with E-state index < -0.39 is 0 Å². The minimum absolute atomic E-state index is 0.0627. The first-order valence-corrected chi connectivity index (χ1v) is 5.46. The number of amides is 1. The molecule has 0 saturated carbocycles. The van der Waals surface area contributed by atoms with Gasteiger partial charge in [-0.2, -0.15) is 0 Å². The summed E-state index contributed by atoms with van der Waals surface area (Å²) in [5.41, 5.74) is 7.19. The molecule has 0 bridgehead atoms. The summed E-state index contributed by atoms with van der Waals surface area (Å²) in [5, 5.41) is 2.81. The molecule has 0 spiro atoms.